The molecule has 2 aromatic rings. The van der Waals surface area contributed by atoms with Crippen molar-refractivity contribution in [2.45, 2.75) is 6.54 Å². The zero-order valence-corrected chi connectivity index (χ0v) is 14.2. The number of nitro groups is 1. The number of nitrogens with one attached hydrogen (secondary N) is 1. The molecule has 0 aliphatic heterocycles. The lowest BCUT2D eigenvalue weighted by Crippen LogP contribution is -2.29. The van der Waals surface area contributed by atoms with E-state index in [1.807, 2.05) is 23.4 Å². The van der Waals surface area contributed by atoms with Crippen molar-refractivity contribution in [3.63, 3.8) is 0 Å². The number of carbonyl (C=O) groups excluding carboxylic acids is 1. The van der Waals surface area contributed by atoms with Gasteiger partial charge >= 0.3 is 0 Å². The largest absolute Gasteiger partial charge is 0.325 e. The smallest absolute Gasteiger partial charge is 0.269 e. The lowest BCUT2D eigenvalue weighted by atomic mass is 10.3. The van der Waals surface area contributed by atoms with E-state index in [2.05, 4.69) is 21.2 Å². The Labute approximate surface area is 140 Å². The Balaban J connectivity index is 1.85. The average Bonchev–Trinajstić information content (AvgIpc) is 2.84. The summed E-state index contributed by atoms with van der Waals surface area (Å²) in [6.45, 7) is 0.917. The summed E-state index contributed by atoms with van der Waals surface area (Å²) in [4.78, 5) is 23.9. The molecule has 1 N–H and O–H groups in total. The van der Waals surface area contributed by atoms with Gasteiger partial charge in [-0.15, -0.1) is 11.3 Å². The van der Waals surface area contributed by atoms with Crippen LogP contribution < -0.4 is 5.32 Å². The van der Waals surface area contributed by atoms with E-state index in [-0.39, 0.29) is 18.1 Å². The third-order valence-electron chi connectivity index (χ3n) is 2.85. The molecule has 0 aliphatic carbocycles. The van der Waals surface area contributed by atoms with E-state index < -0.39 is 4.92 Å². The first kappa shape index (κ1) is 16.6. The quantitative estimate of drug-likeness (QED) is 0.611. The first-order valence-corrected chi connectivity index (χ1v) is 8.07. The number of hydrogen-bond donors (Lipinski definition) is 1. The average molecular weight is 384 g/mol. The van der Waals surface area contributed by atoms with Gasteiger partial charge in [-0.25, -0.2) is 0 Å². The Hall–Kier alpha value is -1.77. The Morgan fingerprint density at radius 2 is 2.09 bits per heavy atom. The second-order valence-electron chi connectivity index (χ2n) is 4.78. The molecule has 2 rings (SSSR count). The first-order valence-electron chi connectivity index (χ1n) is 6.40. The molecule has 0 atom stereocenters. The molecule has 0 fully saturated rings. The maximum absolute atomic E-state index is 11.9. The molecule has 1 amide bonds. The van der Waals surface area contributed by atoms with Crippen molar-refractivity contribution in [3.8, 4) is 0 Å². The van der Waals surface area contributed by atoms with E-state index >= 15 is 0 Å². The van der Waals surface area contributed by atoms with E-state index in [9.17, 15) is 14.9 Å². The number of hydrogen-bond acceptors (Lipinski definition) is 5. The number of nitro benzene ring substituents is 1. The molecule has 1 aromatic carbocycles. The van der Waals surface area contributed by atoms with Crippen LogP contribution in [-0.4, -0.2) is 29.3 Å². The lowest BCUT2D eigenvalue weighted by Gasteiger charge is -2.15. The summed E-state index contributed by atoms with van der Waals surface area (Å²) in [6, 6.07) is 7.79. The fraction of sp³-hybridized carbons (Fsp3) is 0.214. The van der Waals surface area contributed by atoms with Crippen molar-refractivity contribution in [2.75, 3.05) is 18.9 Å². The van der Waals surface area contributed by atoms with Crippen LogP contribution in [-0.2, 0) is 11.3 Å². The summed E-state index contributed by atoms with van der Waals surface area (Å²) in [5, 5.41) is 15.3. The first-order chi connectivity index (χ1) is 10.4. The van der Waals surface area contributed by atoms with Crippen molar-refractivity contribution in [1.82, 2.24) is 4.90 Å². The Morgan fingerprint density at radius 3 is 2.64 bits per heavy atom. The van der Waals surface area contributed by atoms with Crippen LogP contribution in [0.5, 0.6) is 0 Å². The molecule has 0 spiro atoms. The third-order valence-corrected chi connectivity index (χ3v) is 4.40. The molecule has 0 bridgehead atoms. The van der Waals surface area contributed by atoms with Gasteiger partial charge in [0.05, 0.1) is 15.3 Å². The Bertz CT molecular complexity index is 672. The number of nitrogens with zero attached hydrogens (tertiary/aromatic N) is 2. The predicted octanol–water partition coefficient (Wildman–Crippen LogP) is 3.49. The number of non-ortho nitro benzene ring substituents is 1. The Kier molecular flexibility index (Phi) is 5.64. The number of halogens is 1. The van der Waals surface area contributed by atoms with E-state index in [4.69, 9.17) is 0 Å². The molecule has 1 aromatic heterocycles. The maximum atomic E-state index is 11.9. The fourth-order valence-electron chi connectivity index (χ4n) is 1.91. The monoisotopic (exact) mass is 383 g/mol. The van der Waals surface area contributed by atoms with Crippen LogP contribution in [0.25, 0.3) is 0 Å². The van der Waals surface area contributed by atoms with Gasteiger partial charge in [0.25, 0.3) is 5.69 Å². The van der Waals surface area contributed by atoms with E-state index in [1.165, 1.54) is 24.3 Å². The summed E-state index contributed by atoms with van der Waals surface area (Å²) in [7, 11) is 1.86. The highest BCUT2D eigenvalue weighted by Gasteiger charge is 2.10. The highest BCUT2D eigenvalue weighted by Crippen LogP contribution is 2.21. The van der Waals surface area contributed by atoms with Crippen molar-refractivity contribution in [1.29, 1.82) is 0 Å². The van der Waals surface area contributed by atoms with Crippen LogP contribution in [0.1, 0.15) is 5.56 Å². The van der Waals surface area contributed by atoms with Gasteiger partial charge in [0.1, 0.15) is 0 Å². The predicted molar refractivity (Wildman–Crippen MR) is 90.1 cm³/mol. The number of anilines is 1. The molecule has 6 nitrogen and oxygen atoms in total. The summed E-state index contributed by atoms with van der Waals surface area (Å²) in [6.07, 6.45) is 0. The SMILES string of the molecule is CN(CC(=O)Nc1ccc([N+](=O)[O-])cc1)Cc1csc(Br)c1. The number of benzene rings is 1. The van der Waals surface area contributed by atoms with Crippen LogP contribution in [0.4, 0.5) is 11.4 Å². The zero-order chi connectivity index (χ0) is 16.1. The van der Waals surface area contributed by atoms with Crippen molar-refractivity contribution in [3.05, 3.63) is 55.2 Å². The number of likely N-dealkylation sites (N-methyl/N-ethyl adjacent to an activating group) is 1. The minimum Gasteiger partial charge on any atom is -0.325 e. The van der Waals surface area contributed by atoms with Gasteiger partial charge in [-0.2, -0.15) is 0 Å². The lowest BCUT2D eigenvalue weighted by molar-refractivity contribution is -0.384. The molecule has 8 heteroatoms. The van der Waals surface area contributed by atoms with Gasteiger partial charge in [0, 0.05) is 24.4 Å². The van der Waals surface area contributed by atoms with Crippen molar-refractivity contribution >= 4 is 44.5 Å². The molecular weight excluding hydrogens is 370 g/mol. The van der Waals surface area contributed by atoms with Gasteiger partial charge in [-0.1, -0.05) is 0 Å². The molecule has 0 radical (unpaired) electrons. The zero-order valence-electron chi connectivity index (χ0n) is 11.8. The topological polar surface area (TPSA) is 75.5 Å². The maximum Gasteiger partial charge on any atom is 0.269 e. The van der Waals surface area contributed by atoms with Crippen LogP contribution in [0.3, 0.4) is 0 Å². The fourth-order valence-corrected chi connectivity index (χ4v) is 3.11. The standard InChI is InChI=1S/C14H14BrN3O3S/c1-17(7-10-6-13(15)22-9-10)8-14(19)16-11-2-4-12(5-3-11)18(20)21/h2-6,9H,7-8H2,1H3,(H,16,19). The van der Waals surface area contributed by atoms with Crippen LogP contribution in [0.15, 0.2) is 39.5 Å². The van der Waals surface area contributed by atoms with Crippen LogP contribution in [0, 0.1) is 10.1 Å². The summed E-state index contributed by atoms with van der Waals surface area (Å²) in [5.41, 5.74) is 1.68. The van der Waals surface area contributed by atoms with E-state index in [0.29, 0.717) is 12.2 Å². The van der Waals surface area contributed by atoms with Gasteiger partial charge in [0.2, 0.25) is 5.91 Å². The highest BCUT2D eigenvalue weighted by atomic mass is 79.9. The number of rotatable bonds is 6. The number of carbonyl (C=O) groups is 1. The summed E-state index contributed by atoms with van der Waals surface area (Å²) < 4.78 is 1.06. The summed E-state index contributed by atoms with van der Waals surface area (Å²) >= 11 is 5.01. The van der Waals surface area contributed by atoms with Crippen LogP contribution in [0.2, 0.25) is 0 Å². The second kappa shape index (κ2) is 7.48. The molecular formula is C14H14BrN3O3S. The van der Waals surface area contributed by atoms with E-state index in [0.717, 1.165) is 9.35 Å². The van der Waals surface area contributed by atoms with Gasteiger partial charge in [-0.05, 0) is 52.1 Å². The minimum atomic E-state index is -0.474. The minimum absolute atomic E-state index is 0.00171. The third kappa shape index (κ3) is 4.90. The van der Waals surface area contributed by atoms with Gasteiger partial charge in [-0.3, -0.25) is 19.8 Å². The van der Waals surface area contributed by atoms with Gasteiger partial charge < -0.3 is 5.32 Å². The molecule has 0 saturated heterocycles. The second-order valence-corrected chi connectivity index (χ2v) is 7.07. The van der Waals surface area contributed by atoms with Gasteiger partial charge in [0.15, 0.2) is 0 Å². The number of thiophene rings is 1. The molecule has 116 valence electrons. The Morgan fingerprint density at radius 1 is 1.41 bits per heavy atom. The molecule has 22 heavy (non-hydrogen) atoms. The van der Waals surface area contributed by atoms with E-state index in [1.54, 1.807) is 11.3 Å². The highest BCUT2D eigenvalue weighted by molar-refractivity contribution is 9.11. The molecule has 1 heterocycles. The van der Waals surface area contributed by atoms with Crippen LogP contribution >= 0.6 is 27.3 Å². The molecule has 0 aliphatic rings. The number of amides is 1. The molecule has 0 unspecified atom stereocenters. The van der Waals surface area contributed by atoms with Crippen molar-refractivity contribution in [2.24, 2.45) is 0 Å². The normalized spacial score (nSPS) is 10.7. The molecule has 0 saturated carbocycles. The van der Waals surface area contributed by atoms with Crippen molar-refractivity contribution < 1.29 is 9.72 Å². The summed E-state index contributed by atoms with van der Waals surface area (Å²) in [5.74, 6) is -0.161.